The number of anilines is 1. The Labute approximate surface area is 151 Å². The third kappa shape index (κ3) is 4.69. The van der Waals surface area contributed by atoms with Crippen LogP contribution in [0.25, 0.3) is 0 Å². The molecule has 1 aromatic heterocycles. The number of carbonyl (C=O) groups is 1. The van der Waals surface area contributed by atoms with E-state index in [1.54, 1.807) is 0 Å². The van der Waals surface area contributed by atoms with Crippen molar-refractivity contribution < 1.29 is 4.79 Å². The average Bonchev–Trinajstić information content (AvgIpc) is 2.99. The van der Waals surface area contributed by atoms with Crippen LogP contribution in [0.2, 0.25) is 5.02 Å². The minimum Gasteiger partial charge on any atom is -0.375 e. The highest BCUT2D eigenvalue weighted by Gasteiger charge is 2.21. The molecule has 1 aromatic carbocycles. The first-order chi connectivity index (χ1) is 11.6. The topological polar surface area (TPSA) is 62.5 Å². The number of rotatable bonds is 5. The number of nitrogens with two attached hydrogens (primary N) is 1. The Kier molecular flexibility index (Phi) is 5.71. The van der Waals surface area contributed by atoms with Crippen molar-refractivity contribution in [2.75, 3.05) is 31.9 Å². The highest BCUT2D eigenvalue weighted by atomic mass is 35.5. The summed E-state index contributed by atoms with van der Waals surface area (Å²) in [5, 5.41) is 3.25. The fourth-order valence-electron chi connectivity index (χ4n) is 2.88. The Bertz CT molecular complexity index is 697. The zero-order valence-electron chi connectivity index (χ0n) is 13.4. The lowest BCUT2D eigenvalue weighted by Crippen LogP contribution is -2.48. The zero-order chi connectivity index (χ0) is 16.9. The number of halogens is 1. The maximum atomic E-state index is 12.3. The second-order valence-electron chi connectivity index (χ2n) is 5.96. The Hall–Kier alpha value is -1.63. The summed E-state index contributed by atoms with van der Waals surface area (Å²) < 4.78 is 0. The van der Waals surface area contributed by atoms with Crippen molar-refractivity contribution in [3.05, 3.63) is 45.9 Å². The number of aryl methyl sites for hydroxylation is 1. The van der Waals surface area contributed by atoms with E-state index >= 15 is 0 Å². The van der Waals surface area contributed by atoms with Crippen LogP contribution in [0.1, 0.15) is 17.7 Å². The lowest BCUT2D eigenvalue weighted by Gasteiger charge is -2.34. The molecule has 1 aliphatic heterocycles. The summed E-state index contributed by atoms with van der Waals surface area (Å²) in [4.78, 5) is 20.8. The molecule has 0 spiro atoms. The molecule has 5 nitrogen and oxygen atoms in total. The molecule has 0 aliphatic carbocycles. The fourth-order valence-corrected chi connectivity index (χ4v) is 3.69. The van der Waals surface area contributed by atoms with E-state index in [-0.39, 0.29) is 5.91 Å². The van der Waals surface area contributed by atoms with Crippen LogP contribution in [0.5, 0.6) is 0 Å². The molecule has 128 valence electrons. The Balaban J connectivity index is 1.43. The van der Waals surface area contributed by atoms with Crippen LogP contribution in [0, 0.1) is 0 Å². The minimum absolute atomic E-state index is 0.198. The number of piperazine rings is 1. The van der Waals surface area contributed by atoms with Crippen LogP contribution in [-0.4, -0.2) is 46.9 Å². The van der Waals surface area contributed by atoms with E-state index in [1.807, 2.05) is 28.5 Å². The third-order valence-electron chi connectivity index (χ3n) is 4.18. The van der Waals surface area contributed by atoms with Crippen molar-refractivity contribution in [3.8, 4) is 0 Å². The van der Waals surface area contributed by atoms with Gasteiger partial charge in [-0.05, 0) is 24.1 Å². The van der Waals surface area contributed by atoms with E-state index in [4.69, 9.17) is 17.3 Å². The van der Waals surface area contributed by atoms with Gasteiger partial charge in [0.05, 0.1) is 5.69 Å². The van der Waals surface area contributed by atoms with Crippen molar-refractivity contribution in [1.29, 1.82) is 0 Å². The molecule has 1 aliphatic rings. The Morgan fingerprint density at radius 3 is 2.75 bits per heavy atom. The van der Waals surface area contributed by atoms with Crippen LogP contribution in [-0.2, 0) is 17.8 Å². The molecule has 0 atom stereocenters. The lowest BCUT2D eigenvalue weighted by molar-refractivity contribution is -0.133. The molecular formula is C17H21ClN4OS. The predicted molar refractivity (Wildman–Crippen MR) is 98.2 cm³/mol. The summed E-state index contributed by atoms with van der Waals surface area (Å²) in [6.45, 7) is 4.21. The van der Waals surface area contributed by atoms with Crippen LogP contribution in [0.3, 0.4) is 0 Å². The SMILES string of the molecule is Nc1nc(CCC(=O)N2CCN(Cc3cccc(Cl)c3)CC2)cs1. The predicted octanol–water partition coefficient (Wildman–Crippen LogP) is 2.66. The van der Waals surface area contributed by atoms with Crippen molar-refractivity contribution in [2.24, 2.45) is 0 Å². The Morgan fingerprint density at radius 1 is 1.29 bits per heavy atom. The van der Waals surface area contributed by atoms with Crippen LogP contribution < -0.4 is 5.73 Å². The fraction of sp³-hybridized carbons (Fsp3) is 0.412. The van der Waals surface area contributed by atoms with E-state index in [1.165, 1.54) is 16.9 Å². The summed E-state index contributed by atoms with van der Waals surface area (Å²) in [6.07, 6.45) is 1.16. The van der Waals surface area contributed by atoms with Gasteiger partial charge >= 0.3 is 0 Å². The second kappa shape index (κ2) is 7.96. The van der Waals surface area contributed by atoms with Gasteiger partial charge in [0.1, 0.15) is 0 Å². The number of amides is 1. The van der Waals surface area contributed by atoms with Crippen molar-refractivity contribution >= 4 is 34.0 Å². The van der Waals surface area contributed by atoms with Gasteiger partial charge in [-0.2, -0.15) is 0 Å². The highest BCUT2D eigenvalue weighted by Crippen LogP contribution is 2.15. The van der Waals surface area contributed by atoms with Crippen LogP contribution >= 0.6 is 22.9 Å². The minimum atomic E-state index is 0.198. The first kappa shape index (κ1) is 17.2. The van der Waals surface area contributed by atoms with E-state index in [9.17, 15) is 4.79 Å². The molecule has 1 fully saturated rings. The van der Waals surface area contributed by atoms with Gasteiger partial charge in [0.15, 0.2) is 5.13 Å². The molecular weight excluding hydrogens is 344 g/mol. The molecule has 3 rings (SSSR count). The van der Waals surface area contributed by atoms with Gasteiger partial charge in [-0.25, -0.2) is 4.98 Å². The van der Waals surface area contributed by atoms with Gasteiger partial charge in [-0.1, -0.05) is 23.7 Å². The van der Waals surface area contributed by atoms with Crippen molar-refractivity contribution in [3.63, 3.8) is 0 Å². The maximum absolute atomic E-state index is 12.3. The first-order valence-electron chi connectivity index (χ1n) is 8.04. The molecule has 24 heavy (non-hydrogen) atoms. The summed E-state index contributed by atoms with van der Waals surface area (Å²) in [5.41, 5.74) is 7.73. The summed E-state index contributed by atoms with van der Waals surface area (Å²) in [6, 6.07) is 7.95. The van der Waals surface area contributed by atoms with Gasteiger partial charge in [0.25, 0.3) is 0 Å². The van der Waals surface area contributed by atoms with Gasteiger partial charge in [0, 0.05) is 49.5 Å². The number of benzene rings is 1. The third-order valence-corrected chi connectivity index (χ3v) is 5.14. The van der Waals surface area contributed by atoms with E-state index in [2.05, 4.69) is 16.0 Å². The highest BCUT2D eigenvalue weighted by molar-refractivity contribution is 7.13. The normalized spacial score (nSPS) is 15.6. The lowest BCUT2D eigenvalue weighted by atomic mass is 10.2. The number of carbonyl (C=O) groups excluding carboxylic acids is 1. The molecule has 0 radical (unpaired) electrons. The number of nitrogens with zero attached hydrogens (tertiary/aromatic N) is 3. The zero-order valence-corrected chi connectivity index (χ0v) is 15.0. The molecule has 1 saturated heterocycles. The number of nitrogen functional groups attached to an aromatic ring is 1. The van der Waals surface area contributed by atoms with Crippen molar-refractivity contribution in [1.82, 2.24) is 14.8 Å². The van der Waals surface area contributed by atoms with Gasteiger partial charge in [0.2, 0.25) is 5.91 Å². The summed E-state index contributed by atoms with van der Waals surface area (Å²) in [5.74, 6) is 0.198. The van der Waals surface area contributed by atoms with Crippen molar-refractivity contribution in [2.45, 2.75) is 19.4 Å². The standard InChI is InChI=1S/C17H21ClN4OS/c18-14-3-1-2-13(10-14)11-21-6-8-22(9-7-21)16(23)5-4-15-12-24-17(19)20-15/h1-3,10,12H,4-9,11H2,(H2,19,20). The van der Waals surface area contributed by atoms with E-state index in [0.29, 0.717) is 18.0 Å². The van der Waals surface area contributed by atoms with Crippen LogP contribution in [0.15, 0.2) is 29.6 Å². The smallest absolute Gasteiger partial charge is 0.223 e. The molecule has 2 aromatic rings. The molecule has 0 unspecified atom stereocenters. The first-order valence-corrected chi connectivity index (χ1v) is 9.30. The monoisotopic (exact) mass is 364 g/mol. The molecule has 1 amide bonds. The molecule has 2 N–H and O–H groups in total. The Morgan fingerprint density at radius 2 is 2.08 bits per heavy atom. The quantitative estimate of drug-likeness (QED) is 0.885. The molecule has 2 heterocycles. The largest absolute Gasteiger partial charge is 0.375 e. The second-order valence-corrected chi connectivity index (χ2v) is 7.29. The average molecular weight is 365 g/mol. The molecule has 0 bridgehead atoms. The van der Waals surface area contributed by atoms with Gasteiger partial charge < -0.3 is 10.6 Å². The van der Waals surface area contributed by atoms with Gasteiger partial charge in [-0.15, -0.1) is 11.3 Å². The number of hydrogen-bond donors (Lipinski definition) is 1. The summed E-state index contributed by atoms with van der Waals surface area (Å²) >= 11 is 7.45. The number of aromatic nitrogens is 1. The van der Waals surface area contributed by atoms with Crippen LogP contribution in [0.4, 0.5) is 5.13 Å². The number of thiazole rings is 1. The molecule has 0 saturated carbocycles. The molecule has 7 heteroatoms. The van der Waals surface area contributed by atoms with E-state index in [0.717, 1.165) is 43.4 Å². The van der Waals surface area contributed by atoms with Gasteiger partial charge in [-0.3, -0.25) is 9.69 Å². The summed E-state index contributed by atoms with van der Waals surface area (Å²) in [7, 11) is 0. The number of hydrogen-bond acceptors (Lipinski definition) is 5. The maximum Gasteiger partial charge on any atom is 0.223 e. The van der Waals surface area contributed by atoms with E-state index < -0.39 is 0 Å².